The minimum atomic E-state index is -1.09. The van der Waals surface area contributed by atoms with Crippen LogP contribution in [0.2, 0.25) is 0 Å². The van der Waals surface area contributed by atoms with E-state index in [9.17, 15) is 14.7 Å². The van der Waals surface area contributed by atoms with Gasteiger partial charge in [0.15, 0.2) is 0 Å². The van der Waals surface area contributed by atoms with Gasteiger partial charge in [-0.05, 0) is 61.1 Å². The first-order valence-electron chi connectivity index (χ1n) is 12.2. The van der Waals surface area contributed by atoms with Gasteiger partial charge >= 0.3 is 12.0 Å². The molecular formula is C28H38N2O4. The van der Waals surface area contributed by atoms with Crippen LogP contribution in [0.1, 0.15) is 64.4 Å². The number of hydrogen-bond acceptors (Lipinski definition) is 3. The summed E-state index contributed by atoms with van der Waals surface area (Å²) in [4.78, 5) is 25.6. The number of hydrogen-bond donors (Lipinski definition) is 2. The molecule has 0 spiro atoms. The van der Waals surface area contributed by atoms with Crippen molar-refractivity contribution in [3.05, 3.63) is 71.5 Å². The van der Waals surface area contributed by atoms with Crippen LogP contribution >= 0.6 is 0 Å². The van der Waals surface area contributed by atoms with E-state index in [1.165, 1.54) is 19.3 Å². The van der Waals surface area contributed by atoms with E-state index < -0.39 is 5.97 Å². The second kappa shape index (κ2) is 14.8. The first-order valence-corrected chi connectivity index (χ1v) is 12.2. The van der Waals surface area contributed by atoms with Gasteiger partial charge in [0.2, 0.25) is 5.76 Å². The number of anilines is 1. The number of nitrogens with zero attached hydrogens (tertiary/aromatic N) is 1. The fraction of sp³-hybridized carbons (Fsp3) is 0.429. The molecule has 184 valence electrons. The average molecular weight is 467 g/mol. The van der Waals surface area contributed by atoms with Gasteiger partial charge in [-0.1, -0.05) is 69.0 Å². The molecule has 0 fully saturated rings. The molecule has 0 heterocycles. The van der Waals surface area contributed by atoms with Crippen molar-refractivity contribution in [2.24, 2.45) is 0 Å². The molecule has 2 amide bonds. The molecule has 0 aliphatic heterocycles. The van der Waals surface area contributed by atoms with Crippen LogP contribution in [0.15, 0.2) is 66.0 Å². The molecule has 0 atom stereocenters. The summed E-state index contributed by atoms with van der Waals surface area (Å²) >= 11 is 0. The lowest BCUT2D eigenvalue weighted by Gasteiger charge is -2.19. The van der Waals surface area contributed by atoms with Crippen molar-refractivity contribution in [2.45, 2.75) is 58.8 Å². The molecular weight excluding hydrogens is 428 g/mol. The standard InChI is InChI=1S/C28H38N2O4/c1-4-6-7-8-11-19-29-28(33)30(3)25-16-12-15-24(21-25)23-14-10-9-13-22(17-18-23)20-26(27(31)32)34-5-2/h9,12-13,15-18,20-21H,4-8,10-11,14,19H2,1-3H3,(H,29,33)(H,31,32)/b13-9-,22-17+,23-18+,26-20-. The highest BCUT2D eigenvalue weighted by Gasteiger charge is 2.12. The fourth-order valence-electron chi connectivity index (χ4n) is 3.68. The number of urea groups is 1. The molecule has 0 radical (unpaired) electrons. The summed E-state index contributed by atoms with van der Waals surface area (Å²) in [5, 5.41) is 12.3. The fourth-order valence-corrected chi connectivity index (χ4v) is 3.68. The van der Waals surface area contributed by atoms with Crippen LogP contribution in [-0.2, 0) is 9.53 Å². The number of aliphatic carboxylic acids is 1. The Balaban J connectivity index is 2.11. The van der Waals surface area contributed by atoms with Gasteiger partial charge in [-0.3, -0.25) is 4.90 Å². The van der Waals surface area contributed by atoms with Gasteiger partial charge in [-0.2, -0.15) is 0 Å². The molecule has 1 aliphatic carbocycles. The Bertz CT molecular complexity index is 943. The zero-order valence-corrected chi connectivity index (χ0v) is 20.7. The molecule has 0 saturated heterocycles. The lowest BCUT2D eigenvalue weighted by Crippen LogP contribution is -2.37. The zero-order chi connectivity index (χ0) is 24.8. The Morgan fingerprint density at radius 2 is 1.94 bits per heavy atom. The number of unbranched alkanes of at least 4 members (excludes halogenated alkanes) is 4. The van der Waals surface area contributed by atoms with Crippen LogP contribution in [0.25, 0.3) is 5.57 Å². The number of carbonyl (C=O) groups excluding carboxylic acids is 1. The van der Waals surface area contributed by atoms with Crippen LogP contribution in [-0.4, -0.2) is 37.3 Å². The van der Waals surface area contributed by atoms with Crippen molar-refractivity contribution < 1.29 is 19.4 Å². The Hall–Kier alpha value is -3.28. The van der Waals surface area contributed by atoms with E-state index in [0.29, 0.717) is 13.2 Å². The molecule has 1 aromatic rings. The normalized spacial score (nSPS) is 17.9. The maximum atomic E-state index is 12.6. The smallest absolute Gasteiger partial charge is 0.371 e. The molecule has 2 N–H and O–H groups in total. The first kappa shape index (κ1) is 27.0. The van der Waals surface area contributed by atoms with Crippen LogP contribution in [0, 0.1) is 0 Å². The van der Waals surface area contributed by atoms with Crippen LogP contribution in [0.4, 0.5) is 10.5 Å². The number of ether oxygens (including phenoxy) is 1. The van der Waals surface area contributed by atoms with Crippen LogP contribution < -0.4 is 10.2 Å². The van der Waals surface area contributed by atoms with Crippen molar-refractivity contribution in [3.63, 3.8) is 0 Å². The lowest BCUT2D eigenvalue weighted by atomic mass is 9.97. The summed E-state index contributed by atoms with van der Waals surface area (Å²) in [6.45, 7) is 4.93. The van der Waals surface area contributed by atoms with Crippen molar-refractivity contribution in [1.29, 1.82) is 0 Å². The third-order valence-corrected chi connectivity index (χ3v) is 5.64. The minimum Gasteiger partial charge on any atom is -0.487 e. The Morgan fingerprint density at radius 1 is 1.15 bits per heavy atom. The maximum Gasteiger partial charge on any atom is 0.371 e. The summed E-state index contributed by atoms with van der Waals surface area (Å²) in [7, 11) is 1.78. The predicted octanol–water partition coefficient (Wildman–Crippen LogP) is 6.47. The minimum absolute atomic E-state index is 0.0751. The summed E-state index contributed by atoms with van der Waals surface area (Å²) in [5.41, 5.74) is 3.74. The van der Waals surface area contributed by atoms with Gasteiger partial charge in [-0.25, -0.2) is 9.59 Å². The molecule has 2 rings (SSSR count). The molecule has 6 nitrogen and oxygen atoms in total. The topological polar surface area (TPSA) is 78.9 Å². The second-order valence-corrected chi connectivity index (χ2v) is 8.30. The van der Waals surface area contributed by atoms with Crippen LogP contribution in [0.5, 0.6) is 0 Å². The Labute approximate surface area is 203 Å². The summed E-state index contributed by atoms with van der Waals surface area (Å²) in [6.07, 6.45) is 16.9. The molecule has 0 unspecified atom stereocenters. The number of nitrogens with one attached hydrogen (secondary N) is 1. The maximum absolute atomic E-state index is 12.6. The van der Waals surface area contributed by atoms with E-state index in [1.807, 2.05) is 48.6 Å². The van der Waals surface area contributed by atoms with Crippen molar-refractivity contribution in [2.75, 3.05) is 25.1 Å². The van der Waals surface area contributed by atoms with Gasteiger partial charge in [0.25, 0.3) is 0 Å². The number of allylic oxidation sites excluding steroid dienone is 7. The molecule has 0 aromatic heterocycles. The quantitative estimate of drug-likeness (QED) is 0.210. The largest absolute Gasteiger partial charge is 0.487 e. The van der Waals surface area contributed by atoms with Crippen molar-refractivity contribution in [1.82, 2.24) is 5.32 Å². The zero-order valence-electron chi connectivity index (χ0n) is 20.7. The van der Waals surface area contributed by atoms with E-state index in [-0.39, 0.29) is 11.8 Å². The second-order valence-electron chi connectivity index (χ2n) is 8.30. The van der Waals surface area contributed by atoms with Gasteiger partial charge in [0.1, 0.15) is 0 Å². The predicted molar refractivity (Wildman–Crippen MR) is 139 cm³/mol. The average Bonchev–Trinajstić information content (AvgIpc) is 2.82. The molecule has 0 bridgehead atoms. The number of carboxylic acids is 1. The highest BCUT2D eigenvalue weighted by atomic mass is 16.5. The van der Waals surface area contributed by atoms with E-state index in [0.717, 1.165) is 48.1 Å². The molecule has 6 heteroatoms. The number of carboxylic acid groups (broad SMARTS) is 1. The molecule has 1 aliphatic rings. The van der Waals surface area contributed by atoms with Crippen LogP contribution in [0.3, 0.4) is 0 Å². The lowest BCUT2D eigenvalue weighted by molar-refractivity contribution is -0.136. The highest BCUT2D eigenvalue weighted by Crippen LogP contribution is 2.26. The van der Waals surface area contributed by atoms with E-state index in [1.54, 1.807) is 24.9 Å². The van der Waals surface area contributed by atoms with Gasteiger partial charge in [0, 0.05) is 19.3 Å². The highest BCUT2D eigenvalue weighted by molar-refractivity contribution is 5.92. The van der Waals surface area contributed by atoms with Crippen molar-refractivity contribution >= 4 is 23.3 Å². The summed E-state index contributed by atoms with van der Waals surface area (Å²) in [5.74, 6) is -1.16. The number of rotatable bonds is 12. The van der Waals surface area contributed by atoms with E-state index in [4.69, 9.17) is 4.74 Å². The molecule has 1 aromatic carbocycles. The summed E-state index contributed by atoms with van der Waals surface area (Å²) < 4.78 is 5.23. The molecule has 34 heavy (non-hydrogen) atoms. The SMILES string of the molecule is CCCCCCCNC(=O)N(C)c1cccc(/C2=C/C=C(/C=C(\OCC)C(=O)O)\C=C/CC2)c1. The first-order chi connectivity index (χ1) is 16.5. The molecule has 0 saturated carbocycles. The number of carbonyl (C=O) groups is 2. The Morgan fingerprint density at radius 3 is 2.68 bits per heavy atom. The van der Waals surface area contributed by atoms with Gasteiger partial charge < -0.3 is 15.2 Å². The van der Waals surface area contributed by atoms with Gasteiger partial charge in [0.05, 0.1) is 6.61 Å². The summed E-state index contributed by atoms with van der Waals surface area (Å²) in [6, 6.07) is 7.83. The van der Waals surface area contributed by atoms with Gasteiger partial charge in [-0.15, -0.1) is 0 Å². The van der Waals surface area contributed by atoms with Crippen molar-refractivity contribution in [3.8, 4) is 0 Å². The monoisotopic (exact) mass is 466 g/mol. The number of amides is 2. The van der Waals surface area contributed by atoms with E-state index in [2.05, 4.69) is 12.2 Å². The van der Waals surface area contributed by atoms with E-state index >= 15 is 0 Å². The Kier molecular flexibility index (Phi) is 11.7. The number of benzene rings is 1. The third kappa shape index (κ3) is 8.93. The third-order valence-electron chi connectivity index (χ3n) is 5.64.